The number of hydrogen-bond donors (Lipinski definition) is 2. The SMILES string of the molecule is COc1cc(C)cc2c3c(c(=O)[nH]c12)CNCC3. The Morgan fingerprint density at radius 2 is 2.11 bits per heavy atom. The summed E-state index contributed by atoms with van der Waals surface area (Å²) < 4.78 is 5.37. The summed E-state index contributed by atoms with van der Waals surface area (Å²) >= 11 is 0. The van der Waals surface area contributed by atoms with Crippen LogP contribution in [0.1, 0.15) is 16.7 Å². The Bertz CT molecular complexity index is 674. The molecule has 0 bridgehead atoms. The molecule has 3 rings (SSSR count). The molecule has 0 atom stereocenters. The average Bonchev–Trinajstić information content (AvgIpc) is 2.39. The molecule has 2 N–H and O–H groups in total. The van der Waals surface area contributed by atoms with Gasteiger partial charge in [0.05, 0.1) is 12.6 Å². The summed E-state index contributed by atoms with van der Waals surface area (Å²) in [7, 11) is 1.63. The second-order valence-electron chi connectivity index (χ2n) is 4.73. The first-order valence-electron chi connectivity index (χ1n) is 6.14. The van der Waals surface area contributed by atoms with Crippen LogP contribution in [0, 0.1) is 6.92 Å². The second kappa shape index (κ2) is 4.14. The van der Waals surface area contributed by atoms with E-state index < -0.39 is 0 Å². The molecule has 0 aliphatic carbocycles. The second-order valence-corrected chi connectivity index (χ2v) is 4.73. The fourth-order valence-corrected chi connectivity index (χ4v) is 2.67. The molecule has 2 aromatic rings. The first-order valence-corrected chi connectivity index (χ1v) is 6.14. The molecular formula is C14H16N2O2. The van der Waals surface area contributed by atoms with Crippen LogP contribution in [0.5, 0.6) is 5.75 Å². The minimum absolute atomic E-state index is 0.00754. The van der Waals surface area contributed by atoms with E-state index in [4.69, 9.17) is 4.74 Å². The molecule has 0 radical (unpaired) electrons. The van der Waals surface area contributed by atoms with Gasteiger partial charge in [0.1, 0.15) is 5.75 Å². The lowest BCUT2D eigenvalue weighted by atomic mass is 9.96. The number of hydrogen-bond acceptors (Lipinski definition) is 3. The molecule has 18 heavy (non-hydrogen) atoms. The van der Waals surface area contributed by atoms with E-state index in [-0.39, 0.29) is 5.56 Å². The number of fused-ring (bicyclic) bond motifs is 3. The Hall–Kier alpha value is -1.81. The van der Waals surface area contributed by atoms with Gasteiger partial charge in [-0.2, -0.15) is 0 Å². The summed E-state index contributed by atoms with van der Waals surface area (Å²) in [5, 5.41) is 4.35. The Morgan fingerprint density at radius 3 is 2.89 bits per heavy atom. The van der Waals surface area contributed by atoms with E-state index in [0.717, 1.165) is 46.3 Å². The zero-order valence-electron chi connectivity index (χ0n) is 10.6. The number of methoxy groups -OCH3 is 1. The summed E-state index contributed by atoms with van der Waals surface area (Å²) in [6.07, 6.45) is 0.891. The molecule has 0 unspecified atom stereocenters. The number of rotatable bonds is 1. The molecule has 0 spiro atoms. The van der Waals surface area contributed by atoms with E-state index in [1.807, 2.05) is 13.0 Å². The van der Waals surface area contributed by atoms with Crippen molar-refractivity contribution < 1.29 is 4.74 Å². The highest BCUT2D eigenvalue weighted by Gasteiger charge is 2.17. The van der Waals surface area contributed by atoms with Crippen molar-refractivity contribution in [1.29, 1.82) is 0 Å². The quantitative estimate of drug-likeness (QED) is 0.799. The largest absolute Gasteiger partial charge is 0.495 e. The number of H-pyrrole nitrogens is 1. The predicted octanol–water partition coefficient (Wildman–Crippen LogP) is 1.49. The molecule has 0 fully saturated rings. The maximum Gasteiger partial charge on any atom is 0.253 e. The smallest absolute Gasteiger partial charge is 0.253 e. The average molecular weight is 244 g/mol. The van der Waals surface area contributed by atoms with E-state index in [1.165, 1.54) is 0 Å². The van der Waals surface area contributed by atoms with Gasteiger partial charge in [0.25, 0.3) is 5.56 Å². The van der Waals surface area contributed by atoms with Crippen LogP contribution in [0.25, 0.3) is 10.9 Å². The normalized spacial score (nSPS) is 14.6. The Morgan fingerprint density at radius 1 is 1.28 bits per heavy atom. The van der Waals surface area contributed by atoms with Crippen molar-refractivity contribution in [3.8, 4) is 5.75 Å². The van der Waals surface area contributed by atoms with Gasteiger partial charge in [0.15, 0.2) is 0 Å². The minimum atomic E-state index is -0.00754. The monoisotopic (exact) mass is 244 g/mol. The van der Waals surface area contributed by atoms with Crippen LogP contribution in [0.2, 0.25) is 0 Å². The fraction of sp³-hybridized carbons (Fsp3) is 0.357. The van der Waals surface area contributed by atoms with Crippen molar-refractivity contribution in [2.75, 3.05) is 13.7 Å². The van der Waals surface area contributed by atoms with Crippen LogP contribution in [0.4, 0.5) is 0 Å². The Kier molecular flexibility index (Phi) is 2.59. The lowest BCUT2D eigenvalue weighted by Crippen LogP contribution is -2.30. The molecule has 1 aromatic heterocycles. The number of benzene rings is 1. The van der Waals surface area contributed by atoms with E-state index in [1.54, 1.807) is 7.11 Å². The van der Waals surface area contributed by atoms with Crippen LogP contribution < -0.4 is 15.6 Å². The van der Waals surface area contributed by atoms with Gasteiger partial charge in [-0.15, -0.1) is 0 Å². The van der Waals surface area contributed by atoms with Crippen LogP contribution in [-0.2, 0) is 13.0 Å². The summed E-state index contributed by atoms with van der Waals surface area (Å²) in [6, 6.07) is 4.07. The fourth-order valence-electron chi connectivity index (χ4n) is 2.67. The molecule has 0 saturated heterocycles. The van der Waals surface area contributed by atoms with E-state index >= 15 is 0 Å². The lowest BCUT2D eigenvalue weighted by molar-refractivity contribution is 0.418. The van der Waals surface area contributed by atoms with Crippen molar-refractivity contribution in [2.24, 2.45) is 0 Å². The van der Waals surface area contributed by atoms with Crippen molar-refractivity contribution in [2.45, 2.75) is 19.9 Å². The number of aryl methyl sites for hydroxylation is 1. The van der Waals surface area contributed by atoms with Crippen LogP contribution in [0.15, 0.2) is 16.9 Å². The Balaban J connectivity index is 2.44. The first-order chi connectivity index (χ1) is 8.70. The van der Waals surface area contributed by atoms with Crippen molar-refractivity contribution in [3.05, 3.63) is 39.2 Å². The van der Waals surface area contributed by atoms with Crippen molar-refractivity contribution >= 4 is 10.9 Å². The standard InChI is InChI=1S/C14H16N2O2/c1-8-5-10-9-3-4-15-7-11(9)14(17)16-13(10)12(6-8)18-2/h5-6,15H,3-4,7H2,1-2H3,(H,16,17). The molecule has 1 aromatic carbocycles. The number of aromatic nitrogens is 1. The molecule has 1 aliphatic rings. The van der Waals surface area contributed by atoms with Gasteiger partial charge in [0, 0.05) is 17.5 Å². The molecular weight excluding hydrogens is 228 g/mol. The van der Waals surface area contributed by atoms with Crippen LogP contribution in [0.3, 0.4) is 0 Å². The van der Waals surface area contributed by atoms with Crippen molar-refractivity contribution in [1.82, 2.24) is 10.3 Å². The van der Waals surface area contributed by atoms with Gasteiger partial charge >= 0.3 is 0 Å². The highest BCUT2D eigenvalue weighted by atomic mass is 16.5. The van der Waals surface area contributed by atoms with Crippen molar-refractivity contribution in [3.63, 3.8) is 0 Å². The number of aromatic amines is 1. The molecule has 0 saturated carbocycles. The van der Waals surface area contributed by atoms with E-state index in [9.17, 15) is 4.79 Å². The third-order valence-corrected chi connectivity index (χ3v) is 3.52. The zero-order chi connectivity index (χ0) is 12.7. The lowest BCUT2D eigenvalue weighted by Gasteiger charge is -2.19. The van der Waals surface area contributed by atoms with Crippen LogP contribution in [-0.4, -0.2) is 18.6 Å². The molecule has 4 nitrogen and oxygen atoms in total. The van der Waals surface area contributed by atoms with Gasteiger partial charge < -0.3 is 15.0 Å². The molecule has 2 heterocycles. The first kappa shape index (κ1) is 11.3. The number of ether oxygens (including phenoxy) is 1. The van der Waals surface area contributed by atoms with Gasteiger partial charge in [-0.1, -0.05) is 0 Å². The molecule has 4 heteroatoms. The number of pyridine rings is 1. The Labute approximate surface area is 105 Å². The highest BCUT2D eigenvalue weighted by Crippen LogP contribution is 2.29. The van der Waals surface area contributed by atoms with Gasteiger partial charge in [-0.3, -0.25) is 4.79 Å². The third kappa shape index (κ3) is 1.61. The summed E-state index contributed by atoms with van der Waals surface area (Å²) in [6.45, 7) is 3.61. The predicted molar refractivity (Wildman–Crippen MR) is 71.3 cm³/mol. The summed E-state index contributed by atoms with van der Waals surface area (Å²) in [5.74, 6) is 0.739. The van der Waals surface area contributed by atoms with Gasteiger partial charge in [-0.25, -0.2) is 0 Å². The maximum absolute atomic E-state index is 12.1. The van der Waals surface area contributed by atoms with E-state index in [0.29, 0.717) is 6.54 Å². The summed E-state index contributed by atoms with van der Waals surface area (Å²) in [4.78, 5) is 15.0. The maximum atomic E-state index is 12.1. The number of nitrogens with one attached hydrogen (secondary N) is 2. The van der Waals surface area contributed by atoms with E-state index in [2.05, 4.69) is 16.4 Å². The third-order valence-electron chi connectivity index (χ3n) is 3.52. The molecule has 0 amide bonds. The minimum Gasteiger partial charge on any atom is -0.495 e. The molecule has 94 valence electrons. The summed E-state index contributed by atoms with van der Waals surface area (Å²) in [5.41, 5.74) is 3.98. The highest BCUT2D eigenvalue weighted by molar-refractivity contribution is 5.89. The zero-order valence-corrected chi connectivity index (χ0v) is 10.6. The van der Waals surface area contributed by atoms with Gasteiger partial charge in [-0.05, 0) is 43.1 Å². The van der Waals surface area contributed by atoms with Crippen LogP contribution >= 0.6 is 0 Å². The topological polar surface area (TPSA) is 54.1 Å². The van der Waals surface area contributed by atoms with Gasteiger partial charge in [0.2, 0.25) is 0 Å². The molecule has 1 aliphatic heterocycles.